The van der Waals surface area contributed by atoms with Gasteiger partial charge in [0.25, 0.3) is 0 Å². The van der Waals surface area contributed by atoms with Crippen molar-refractivity contribution in [2.75, 3.05) is 19.7 Å². The molecule has 1 fully saturated rings. The Morgan fingerprint density at radius 3 is 2.58 bits per heavy atom. The van der Waals surface area contributed by atoms with Crippen LogP contribution < -0.4 is 5.32 Å². The van der Waals surface area contributed by atoms with Gasteiger partial charge in [0.05, 0.1) is 12.7 Å². The number of Topliss-reactive ketones (excluding diaryl/α,β-unsaturated/α-hetero) is 1. The summed E-state index contributed by atoms with van der Waals surface area (Å²) in [7, 11) is 0. The maximum atomic E-state index is 12.0. The molecule has 1 aromatic rings. The highest BCUT2D eigenvalue weighted by Crippen LogP contribution is 2.10. The minimum atomic E-state index is 0.177. The lowest BCUT2D eigenvalue weighted by Crippen LogP contribution is -2.32. The second-order valence-electron chi connectivity index (χ2n) is 5.04. The van der Waals surface area contributed by atoms with E-state index in [1.54, 1.807) is 0 Å². The Balaban J connectivity index is 1.73. The van der Waals surface area contributed by atoms with E-state index in [9.17, 15) is 4.79 Å². The molecule has 0 spiro atoms. The first-order chi connectivity index (χ1) is 9.29. The maximum Gasteiger partial charge on any atom is 0.165 e. The molecule has 1 N–H and O–H groups in total. The molecule has 1 heterocycles. The number of ketones is 1. The average Bonchev–Trinajstić information content (AvgIpc) is 2.48. The predicted molar refractivity (Wildman–Crippen MR) is 76.6 cm³/mol. The molecule has 3 heteroatoms. The zero-order valence-electron chi connectivity index (χ0n) is 11.7. The Morgan fingerprint density at radius 1 is 1.26 bits per heavy atom. The molecule has 0 radical (unpaired) electrons. The molecule has 0 saturated carbocycles. The van der Waals surface area contributed by atoms with Gasteiger partial charge in [-0.2, -0.15) is 0 Å². The fraction of sp³-hybridized carbons (Fsp3) is 0.562. The minimum absolute atomic E-state index is 0.177. The summed E-state index contributed by atoms with van der Waals surface area (Å²) in [4.78, 5) is 12.0. The third-order valence-corrected chi connectivity index (χ3v) is 3.65. The summed E-state index contributed by atoms with van der Waals surface area (Å²) in [5.41, 5.74) is 2.06. The van der Waals surface area contributed by atoms with E-state index < -0.39 is 0 Å². The van der Waals surface area contributed by atoms with Crippen molar-refractivity contribution < 1.29 is 9.53 Å². The molecule has 1 aliphatic rings. The van der Waals surface area contributed by atoms with Gasteiger partial charge < -0.3 is 10.1 Å². The molecule has 0 unspecified atom stereocenters. The van der Waals surface area contributed by atoms with E-state index in [2.05, 4.69) is 12.2 Å². The number of rotatable bonds is 6. The Bertz CT molecular complexity index is 394. The normalized spacial score (nSPS) is 16.5. The van der Waals surface area contributed by atoms with Crippen LogP contribution >= 0.6 is 0 Å². The summed E-state index contributed by atoms with van der Waals surface area (Å²) in [5, 5.41) is 3.30. The highest BCUT2D eigenvalue weighted by molar-refractivity contribution is 5.96. The number of aryl methyl sites for hydroxylation is 1. The standard InChI is InChI=1S/C16H23NO2/c1-2-13-3-5-14(6-4-13)16(18)9-12-19-15-7-10-17-11-8-15/h3-6,15,17H,2,7-12H2,1H3. The van der Waals surface area contributed by atoms with Crippen LogP contribution in [-0.4, -0.2) is 31.6 Å². The van der Waals surface area contributed by atoms with E-state index in [-0.39, 0.29) is 5.78 Å². The summed E-state index contributed by atoms with van der Waals surface area (Å²) in [6, 6.07) is 7.90. The molecular formula is C16H23NO2. The maximum absolute atomic E-state index is 12.0. The summed E-state index contributed by atoms with van der Waals surface area (Å²) < 4.78 is 5.76. The van der Waals surface area contributed by atoms with Crippen LogP contribution in [0.15, 0.2) is 24.3 Å². The number of ether oxygens (including phenoxy) is 1. The molecule has 0 bridgehead atoms. The average molecular weight is 261 g/mol. The smallest absolute Gasteiger partial charge is 0.165 e. The van der Waals surface area contributed by atoms with Crippen molar-refractivity contribution in [2.24, 2.45) is 0 Å². The Hall–Kier alpha value is -1.19. The SMILES string of the molecule is CCc1ccc(C(=O)CCOC2CCNCC2)cc1. The lowest BCUT2D eigenvalue weighted by atomic mass is 10.1. The van der Waals surface area contributed by atoms with E-state index >= 15 is 0 Å². The van der Waals surface area contributed by atoms with E-state index in [1.165, 1.54) is 5.56 Å². The molecule has 104 valence electrons. The van der Waals surface area contributed by atoms with Gasteiger partial charge in [-0.05, 0) is 37.9 Å². The van der Waals surface area contributed by atoms with Crippen LogP contribution in [0, 0.1) is 0 Å². The summed E-state index contributed by atoms with van der Waals surface area (Å²) >= 11 is 0. The number of carbonyl (C=O) groups excluding carboxylic acids is 1. The van der Waals surface area contributed by atoms with Crippen molar-refractivity contribution in [1.29, 1.82) is 0 Å². The first-order valence-corrected chi connectivity index (χ1v) is 7.24. The van der Waals surface area contributed by atoms with Crippen LogP contribution in [0.2, 0.25) is 0 Å². The van der Waals surface area contributed by atoms with E-state index in [0.717, 1.165) is 37.9 Å². The molecule has 1 saturated heterocycles. The molecule has 1 aromatic carbocycles. The van der Waals surface area contributed by atoms with Crippen LogP contribution in [0.3, 0.4) is 0 Å². The fourth-order valence-corrected chi connectivity index (χ4v) is 2.35. The first kappa shape index (κ1) is 14.2. The van der Waals surface area contributed by atoms with Crippen molar-refractivity contribution >= 4 is 5.78 Å². The molecule has 0 amide bonds. The van der Waals surface area contributed by atoms with E-state index in [4.69, 9.17) is 4.74 Å². The van der Waals surface area contributed by atoms with Gasteiger partial charge in [-0.1, -0.05) is 31.2 Å². The van der Waals surface area contributed by atoms with Gasteiger partial charge in [0.15, 0.2) is 5.78 Å². The van der Waals surface area contributed by atoms with Gasteiger partial charge >= 0.3 is 0 Å². The monoisotopic (exact) mass is 261 g/mol. The van der Waals surface area contributed by atoms with Crippen LogP contribution in [0.25, 0.3) is 0 Å². The lowest BCUT2D eigenvalue weighted by Gasteiger charge is -2.22. The van der Waals surface area contributed by atoms with Crippen LogP contribution in [0.1, 0.15) is 42.1 Å². The fourth-order valence-electron chi connectivity index (χ4n) is 2.35. The summed E-state index contributed by atoms with van der Waals surface area (Å²) in [6.45, 7) is 4.71. The number of hydrogen-bond donors (Lipinski definition) is 1. The van der Waals surface area contributed by atoms with Crippen molar-refractivity contribution in [1.82, 2.24) is 5.32 Å². The van der Waals surface area contributed by atoms with E-state index in [1.807, 2.05) is 24.3 Å². The number of benzene rings is 1. The number of piperidine rings is 1. The first-order valence-electron chi connectivity index (χ1n) is 7.24. The van der Waals surface area contributed by atoms with Crippen LogP contribution in [0.5, 0.6) is 0 Å². The van der Waals surface area contributed by atoms with Gasteiger partial charge in [-0.25, -0.2) is 0 Å². The van der Waals surface area contributed by atoms with Crippen molar-refractivity contribution in [3.05, 3.63) is 35.4 Å². The Kier molecular flexibility index (Phi) is 5.55. The number of carbonyl (C=O) groups is 1. The third-order valence-electron chi connectivity index (χ3n) is 3.65. The molecule has 3 nitrogen and oxygen atoms in total. The Morgan fingerprint density at radius 2 is 1.95 bits per heavy atom. The zero-order valence-corrected chi connectivity index (χ0v) is 11.7. The molecule has 2 rings (SSSR count). The van der Waals surface area contributed by atoms with Crippen molar-refractivity contribution in [2.45, 2.75) is 38.7 Å². The van der Waals surface area contributed by atoms with Crippen LogP contribution in [-0.2, 0) is 11.2 Å². The van der Waals surface area contributed by atoms with Gasteiger partial charge in [0.1, 0.15) is 0 Å². The number of nitrogens with one attached hydrogen (secondary N) is 1. The van der Waals surface area contributed by atoms with Gasteiger partial charge in [0.2, 0.25) is 0 Å². The molecular weight excluding hydrogens is 238 g/mol. The van der Waals surface area contributed by atoms with Crippen LogP contribution in [0.4, 0.5) is 0 Å². The highest BCUT2D eigenvalue weighted by Gasteiger charge is 2.14. The van der Waals surface area contributed by atoms with E-state index in [0.29, 0.717) is 19.1 Å². The van der Waals surface area contributed by atoms with Crippen molar-refractivity contribution in [3.8, 4) is 0 Å². The molecule has 0 aliphatic carbocycles. The third kappa shape index (κ3) is 4.44. The Labute approximate surface area is 115 Å². The van der Waals surface area contributed by atoms with Gasteiger partial charge in [-0.3, -0.25) is 4.79 Å². The second-order valence-corrected chi connectivity index (χ2v) is 5.04. The zero-order chi connectivity index (χ0) is 13.5. The summed E-state index contributed by atoms with van der Waals surface area (Å²) in [5.74, 6) is 0.177. The summed E-state index contributed by atoms with van der Waals surface area (Å²) in [6.07, 6.45) is 3.93. The molecule has 0 aromatic heterocycles. The minimum Gasteiger partial charge on any atom is -0.378 e. The second kappa shape index (κ2) is 7.41. The molecule has 19 heavy (non-hydrogen) atoms. The lowest BCUT2D eigenvalue weighted by molar-refractivity contribution is 0.0313. The largest absolute Gasteiger partial charge is 0.378 e. The topological polar surface area (TPSA) is 38.3 Å². The molecule has 1 aliphatic heterocycles. The number of hydrogen-bond acceptors (Lipinski definition) is 3. The predicted octanol–water partition coefficient (Wildman–Crippen LogP) is 2.59. The van der Waals surface area contributed by atoms with Gasteiger partial charge in [0, 0.05) is 12.0 Å². The van der Waals surface area contributed by atoms with Gasteiger partial charge in [-0.15, -0.1) is 0 Å². The van der Waals surface area contributed by atoms with Crippen molar-refractivity contribution in [3.63, 3.8) is 0 Å². The molecule has 0 atom stereocenters. The highest BCUT2D eigenvalue weighted by atomic mass is 16.5. The quantitative estimate of drug-likeness (QED) is 0.800.